The molecule has 1 aliphatic carbocycles. The zero-order chi connectivity index (χ0) is 13.9. The second-order valence-electron chi connectivity index (χ2n) is 5.10. The van der Waals surface area contributed by atoms with Crippen molar-refractivity contribution in [3.05, 3.63) is 33.8 Å². The molecule has 2 aromatic rings. The second kappa shape index (κ2) is 5.79. The van der Waals surface area contributed by atoms with Crippen molar-refractivity contribution in [1.82, 2.24) is 9.97 Å². The minimum atomic E-state index is 0.566. The highest BCUT2D eigenvalue weighted by molar-refractivity contribution is 7.10. The molecule has 0 aromatic carbocycles. The Morgan fingerprint density at radius 1 is 1.30 bits per heavy atom. The fraction of sp³-hybridized carbons (Fsp3) is 0.467. The summed E-state index contributed by atoms with van der Waals surface area (Å²) >= 11 is 1.80. The third kappa shape index (κ3) is 2.93. The number of anilines is 2. The van der Waals surface area contributed by atoms with Gasteiger partial charge in [0.15, 0.2) is 0 Å². The molecule has 1 aliphatic rings. The van der Waals surface area contributed by atoms with E-state index in [-0.39, 0.29) is 0 Å². The van der Waals surface area contributed by atoms with Crippen molar-refractivity contribution >= 4 is 23.0 Å². The Hall–Kier alpha value is -1.62. The SMILES string of the molecule is CCc1ccsc1CNc1cc(NC)nc(C2CC2)n1. The van der Waals surface area contributed by atoms with Crippen molar-refractivity contribution in [1.29, 1.82) is 0 Å². The predicted molar refractivity (Wildman–Crippen MR) is 84.6 cm³/mol. The third-order valence-electron chi connectivity index (χ3n) is 3.59. The van der Waals surface area contributed by atoms with Crippen LogP contribution in [0.3, 0.4) is 0 Å². The molecule has 0 spiro atoms. The van der Waals surface area contributed by atoms with E-state index in [1.165, 1.54) is 23.3 Å². The van der Waals surface area contributed by atoms with E-state index in [4.69, 9.17) is 0 Å². The normalized spacial score (nSPS) is 14.3. The van der Waals surface area contributed by atoms with Gasteiger partial charge in [0.1, 0.15) is 17.5 Å². The number of rotatable bonds is 6. The second-order valence-corrected chi connectivity index (χ2v) is 6.10. The van der Waals surface area contributed by atoms with Crippen LogP contribution in [0, 0.1) is 0 Å². The van der Waals surface area contributed by atoms with Crippen molar-refractivity contribution in [2.45, 2.75) is 38.6 Å². The number of thiophene rings is 1. The van der Waals surface area contributed by atoms with Gasteiger partial charge in [-0.05, 0) is 36.3 Å². The quantitative estimate of drug-likeness (QED) is 0.852. The lowest BCUT2D eigenvalue weighted by atomic mass is 10.2. The molecule has 1 saturated carbocycles. The van der Waals surface area contributed by atoms with Gasteiger partial charge in [-0.25, -0.2) is 9.97 Å². The summed E-state index contributed by atoms with van der Waals surface area (Å²) in [5.74, 6) is 3.35. The Balaban J connectivity index is 1.74. The van der Waals surface area contributed by atoms with Crippen LogP contribution in [0.2, 0.25) is 0 Å². The van der Waals surface area contributed by atoms with Crippen molar-refractivity contribution in [2.75, 3.05) is 17.7 Å². The fourth-order valence-electron chi connectivity index (χ4n) is 2.22. The molecule has 0 bridgehead atoms. The van der Waals surface area contributed by atoms with Crippen LogP contribution in [0.25, 0.3) is 0 Å². The molecule has 0 aliphatic heterocycles. The first kappa shape index (κ1) is 13.4. The fourth-order valence-corrected chi connectivity index (χ4v) is 3.13. The summed E-state index contributed by atoms with van der Waals surface area (Å²) in [5, 5.41) is 8.71. The van der Waals surface area contributed by atoms with Gasteiger partial charge in [-0.3, -0.25) is 0 Å². The van der Waals surface area contributed by atoms with E-state index in [1.54, 1.807) is 11.3 Å². The zero-order valence-electron chi connectivity index (χ0n) is 11.9. The lowest BCUT2D eigenvalue weighted by Gasteiger charge is -2.09. The van der Waals surface area contributed by atoms with Gasteiger partial charge in [0.25, 0.3) is 0 Å². The van der Waals surface area contributed by atoms with Crippen LogP contribution in [0.5, 0.6) is 0 Å². The summed E-state index contributed by atoms with van der Waals surface area (Å²) in [5.41, 5.74) is 1.42. The molecule has 2 aromatic heterocycles. The minimum Gasteiger partial charge on any atom is -0.373 e. The number of nitrogens with one attached hydrogen (secondary N) is 2. The molecule has 5 heteroatoms. The first-order valence-corrected chi connectivity index (χ1v) is 8.04. The number of nitrogens with zero attached hydrogens (tertiary/aromatic N) is 2. The Labute approximate surface area is 123 Å². The molecule has 4 nitrogen and oxygen atoms in total. The van der Waals surface area contributed by atoms with E-state index < -0.39 is 0 Å². The highest BCUT2D eigenvalue weighted by Crippen LogP contribution is 2.38. The van der Waals surface area contributed by atoms with Gasteiger partial charge in [0.2, 0.25) is 0 Å². The van der Waals surface area contributed by atoms with Crippen LogP contribution in [-0.4, -0.2) is 17.0 Å². The minimum absolute atomic E-state index is 0.566. The lowest BCUT2D eigenvalue weighted by Crippen LogP contribution is -2.06. The van der Waals surface area contributed by atoms with E-state index >= 15 is 0 Å². The number of hydrogen-bond acceptors (Lipinski definition) is 5. The molecule has 2 heterocycles. The molecule has 0 atom stereocenters. The maximum Gasteiger partial charge on any atom is 0.136 e. The van der Waals surface area contributed by atoms with Crippen LogP contribution < -0.4 is 10.6 Å². The summed E-state index contributed by atoms with van der Waals surface area (Å²) in [6, 6.07) is 4.18. The van der Waals surface area contributed by atoms with Crippen LogP contribution in [-0.2, 0) is 13.0 Å². The molecule has 2 N–H and O–H groups in total. The van der Waals surface area contributed by atoms with Crippen molar-refractivity contribution in [3.63, 3.8) is 0 Å². The van der Waals surface area contributed by atoms with Gasteiger partial charge in [-0.2, -0.15) is 0 Å². The predicted octanol–water partition coefficient (Wildman–Crippen LogP) is 3.63. The largest absolute Gasteiger partial charge is 0.373 e. The maximum absolute atomic E-state index is 4.64. The van der Waals surface area contributed by atoms with Crippen LogP contribution >= 0.6 is 11.3 Å². The smallest absolute Gasteiger partial charge is 0.136 e. The third-order valence-corrected chi connectivity index (χ3v) is 4.55. The van der Waals surface area contributed by atoms with E-state index in [0.29, 0.717) is 5.92 Å². The molecule has 106 valence electrons. The standard InChI is InChI=1S/C15H20N4S/c1-3-10-6-7-20-12(10)9-17-14-8-13(16-2)18-15(19-14)11-4-5-11/h6-8,11H,3-5,9H2,1-2H3,(H2,16,17,18,19). The molecule has 0 radical (unpaired) electrons. The average molecular weight is 288 g/mol. The van der Waals surface area contributed by atoms with Gasteiger partial charge >= 0.3 is 0 Å². The average Bonchev–Trinajstić information content (AvgIpc) is 3.24. The number of aryl methyl sites for hydroxylation is 1. The lowest BCUT2D eigenvalue weighted by molar-refractivity contribution is 0.923. The summed E-state index contributed by atoms with van der Waals surface area (Å²) in [6.45, 7) is 3.03. The number of aromatic nitrogens is 2. The zero-order valence-corrected chi connectivity index (χ0v) is 12.8. The van der Waals surface area contributed by atoms with Crippen LogP contribution in [0.15, 0.2) is 17.5 Å². The highest BCUT2D eigenvalue weighted by atomic mass is 32.1. The number of hydrogen-bond donors (Lipinski definition) is 2. The monoisotopic (exact) mass is 288 g/mol. The van der Waals surface area contributed by atoms with Gasteiger partial charge in [0.05, 0.1) is 6.54 Å². The van der Waals surface area contributed by atoms with Gasteiger partial charge in [-0.1, -0.05) is 6.92 Å². The summed E-state index contributed by atoms with van der Waals surface area (Å²) in [7, 11) is 1.90. The summed E-state index contributed by atoms with van der Waals surface area (Å²) in [6.07, 6.45) is 3.52. The molecular weight excluding hydrogens is 268 g/mol. The maximum atomic E-state index is 4.64. The van der Waals surface area contributed by atoms with Crippen molar-refractivity contribution < 1.29 is 0 Å². The van der Waals surface area contributed by atoms with Crippen LogP contribution in [0.1, 0.15) is 41.9 Å². The molecular formula is C15H20N4S. The Morgan fingerprint density at radius 3 is 2.80 bits per heavy atom. The van der Waals surface area contributed by atoms with Gasteiger partial charge in [0, 0.05) is 23.9 Å². The van der Waals surface area contributed by atoms with Gasteiger partial charge < -0.3 is 10.6 Å². The van der Waals surface area contributed by atoms with Crippen molar-refractivity contribution in [2.24, 2.45) is 0 Å². The highest BCUT2D eigenvalue weighted by Gasteiger charge is 2.27. The summed E-state index contributed by atoms with van der Waals surface area (Å²) in [4.78, 5) is 10.6. The van der Waals surface area contributed by atoms with Crippen LogP contribution in [0.4, 0.5) is 11.6 Å². The van der Waals surface area contributed by atoms with Crippen molar-refractivity contribution in [3.8, 4) is 0 Å². The Bertz CT molecular complexity index is 589. The topological polar surface area (TPSA) is 49.8 Å². The first-order valence-electron chi connectivity index (χ1n) is 7.16. The molecule has 3 rings (SSSR count). The molecule has 1 fully saturated rings. The van der Waals surface area contributed by atoms with E-state index in [2.05, 4.69) is 39.0 Å². The first-order chi connectivity index (χ1) is 9.80. The Morgan fingerprint density at radius 2 is 2.10 bits per heavy atom. The van der Waals surface area contributed by atoms with Gasteiger partial charge in [-0.15, -0.1) is 11.3 Å². The summed E-state index contributed by atoms with van der Waals surface area (Å²) < 4.78 is 0. The molecule has 0 amide bonds. The van der Waals surface area contributed by atoms with E-state index in [9.17, 15) is 0 Å². The van der Waals surface area contributed by atoms with E-state index in [0.717, 1.165) is 30.4 Å². The molecule has 0 saturated heterocycles. The molecule has 0 unspecified atom stereocenters. The molecule has 20 heavy (non-hydrogen) atoms. The Kier molecular flexibility index (Phi) is 3.87. The van der Waals surface area contributed by atoms with E-state index in [1.807, 2.05) is 13.1 Å².